The van der Waals surface area contributed by atoms with Crippen LogP contribution in [0.5, 0.6) is 0 Å². The van der Waals surface area contributed by atoms with Crippen molar-refractivity contribution in [2.45, 2.75) is 45.1 Å². The molecule has 2 N–H and O–H groups in total. The van der Waals surface area contributed by atoms with Gasteiger partial charge < -0.3 is 10.5 Å². The first-order chi connectivity index (χ1) is 8.31. The molecule has 2 unspecified atom stereocenters. The first-order valence-electron chi connectivity index (χ1n) is 7.33. The van der Waals surface area contributed by atoms with Gasteiger partial charge in [-0.25, -0.2) is 0 Å². The third-order valence-corrected chi connectivity index (χ3v) is 4.57. The van der Waals surface area contributed by atoms with Gasteiger partial charge in [-0.15, -0.1) is 0 Å². The largest absolute Gasteiger partial charge is 0.381 e. The molecular weight excluding hydrogens is 212 g/mol. The van der Waals surface area contributed by atoms with Crippen molar-refractivity contribution in [2.75, 3.05) is 32.8 Å². The molecule has 0 aromatic rings. The van der Waals surface area contributed by atoms with Gasteiger partial charge in [0.15, 0.2) is 0 Å². The number of hydrogen-bond acceptors (Lipinski definition) is 3. The average molecular weight is 240 g/mol. The standard InChI is InChI=1S/C14H28N2O/c1-12-3-2-7-16(8-4-12)14(11-15)13-5-9-17-10-6-13/h12-14H,2-11,15H2,1H3. The summed E-state index contributed by atoms with van der Waals surface area (Å²) in [6.45, 7) is 7.58. The summed E-state index contributed by atoms with van der Waals surface area (Å²) in [7, 11) is 0. The first-order valence-corrected chi connectivity index (χ1v) is 7.33. The Hall–Kier alpha value is -0.120. The van der Waals surface area contributed by atoms with E-state index in [-0.39, 0.29) is 0 Å². The van der Waals surface area contributed by atoms with Crippen LogP contribution in [0.25, 0.3) is 0 Å². The molecule has 3 heteroatoms. The molecule has 0 saturated carbocycles. The normalized spacial score (nSPS) is 31.1. The number of hydrogen-bond donors (Lipinski definition) is 1. The molecule has 0 spiro atoms. The highest BCUT2D eigenvalue weighted by atomic mass is 16.5. The van der Waals surface area contributed by atoms with Gasteiger partial charge in [0.2, 0.25) is 0 Å². The summed E-state index contributed by atoms with van der Waals surface area (Å²) in [4.78, 5) is 2.67. The lowest BCUT2D eigenvalue weighted by atomic mass is 9.90. The van der Waals surface area contributed by atoms with E-state index in [4.69, 9.17) is 10.5 Å². The minimum atomic E-state index is 0.601. The molecule has 2 saturated heterocycles. The van der Waals surface area contributed by atoms with Crippen LogP contribution in [0.1, 0.15) is 39.0 Å². The quantitative estimate of drug-likeness (QED) is 0.818. The number of nitrogens with two attached hydrogens (primary N) is 1. The molecule has 0 aromatic carbocycles. The van der Waals surface area contributed by atoms with Crippen LogP contribution < -0.4 is 5.73 Å². The van der Waals surface area contributed by atoms with Gasteiger partial charge in [-0.2, -0.15) is 0 Å². The highest BCUT2D eigenvalue weighted by Gasteiger charge is 2.28. The second-order valence-corrected chi connectivity index (χ2v) is 5.82. The van der Waals surface area contributed by atoms with Gasteiger partial charge >= 0.3 is 0 Å². The van der Waals surface area contributed by atoms with Crippen molar-refractivity contribution in [3.63, 3.8) is 0 Å². The molecule has 2 aliphatic rings. The van der Waals surface area contributed by atoms with Gasteiger partial charge in [-0.05, 0) is 57.0 Å². The topological polar surface area (TPSA) is 38.5 Å². The monoisotopic (exact) mass is 240 g/mol. The van der Waals surface area contributed by atoms with Crippen molar-refractivity contribution < 1.29 is 4.74 Å². The van der Waals surface area contributed by atoms with Crippen LogP contribution in [0.15, 0.2) is 0 Å². The van der Waals surface area contributed by atoms with Gasteiger partial charge in [0.25, 0.3) is 0 Å². The Balaban J connectivity index is 1.91. The Morgan fingerprint density at radius 3 is 2.65 bits per heavy atom. The Morgan fingerprint density at radius 1 is 1.18 bits per heavy atom. The Labute approximate surface area is 106 Å². The zero-order valence-electron chi connectivity index (χ0n) is 11.2. The predicted octanol–water partition coefficient (Wildman–Crippen LogP) is 1.86. The SMILES string of the molecule is CC1CCCN(C(CN)C2CCOCC2)CC1. The van der Waals surface area contributed by atoms with E-state index in [0.29, 0.717) is 6.04 Å². The van der Waals surface area contributed by atoms with Gasteiger partial charge in [-0.3, -0.25) is 4.90 Å². The molecule has 2 atom stereocenters. The zero-order valence-corrected chi connectivity index (χ0v) is 11.2. The fourth-order valence-corrected chi connectivity index (χ4v) is 3.36. The van der Waals surface area contributed by atoms with Crippen molar-refractivity contribution >= 4 is 0 Å². The lowest BCUT2D eigenvalue weighted by Crippen LogP contribution is -2.47. The van der Waals surface area contributed by atoms with Crippen molar-refractivity contribution in [3.8, 4) is 0 Å². The Bertz CT molecular complexity index is 216. The molecule has 2 aliphatic heterocycles. The van der Waals surface area contributed by atoms with Crippen molar-refractivity contribution in [2.24, 2.45) is 17.6 Å². The minimum Gasteiger partial charge on any atom is -0.381 e. The van der Waals surface area contributed by atoms with E-state index in [1.54, 1.807) is 0 Å². The highest BCUT2D eigenvalue weighted by Crippen LogP contribution is 2.25. The van der Waals surface area contributed by atoms with Gasteiger partial charge in [0.1, 0.15) is 0 Å². The summed E-state index contributed by atoms with van der Waals surface area (Å²) >= 11 is 0. The third-order valence-electron chi connectivity index (χ3n) is 4.57. The number of rotatable bonds is 3. The lowest BCUT2D eigenvalue weighted by Gasteiger charge is -2.37. The van der Waals surface area contributed by atoms with E-state index in [0.717, 1.165) is 31.6 Å². The van der Waals surface area contributed by atoms with Crippen LogP contribution >= 0.6 is 0 Å². The zero-order chi connectivity index (χ0) is 12.1. The summed E-state index contributed by atoms with van der Waals surface area (Å²) in [5, 5.41) is 0. The number of ether oxygens (including phenoxy) is 1. The van der Waals surface area contributed by atoms with Crippen LogP contribution in [-0.2, 0) is 4.74 Å². The maximum atomic E-state index is 6.04. The Morgan fingerprint density at radius 2 is 1.94 bits per heavy atom. The smallest absolute Gasteiger partial charge is 0.0469 e. The van der Waals surface area contributed by atoms with Crippen LogP contribution in [0.4, 0.5) is 0 Å². The molecule has 0 radical (unpaired) electrons. The van der Waals surface area contributed by atoms with Crippen molar-refractivity contribution in [1.29, 1.82) is 0 Å². The first kappa shape index (κ1) is 13.3. The molecular formula is C14H28N2O. The molecule has 2 heterocycles. The lowest BCUT2D eigenvalue weighted by molar-refractivity contribution is 0.0281. The fraction of sp³-hybridized carbons (Fsp3) is 1.00. The molecule has 2 fully saturated rings. The average Bonchev–Trinajstić information content (AvgIpc) is 2.57. The summed E-state index contributed by atoms with van der Waals surface area (Å²) in [5.41, 5.74) is 6.04. The third kappa shape index (κ3) is 3.67. The van der Waals surface area contributed by atoms with E-state index in [9.17, 15) is 0 Å². The van der Waals surface area contributed by atoms with Crippen LogP contribution in [-0.4, -0.2) is 43.8 Å². The second-order valence-electron chi connectivity index (χ2n) is 5.82. The molecule has 2 rings (SSSR count). The molecule has 0 amide bonds. The van der Waals surface area contributed by atoms with E-state index < -0.39 is 0 Å². The fourth-order valence-electron chi connectivity index (χ4n) is 3.36. The maximum absolute atomic E-state index is 6.04. The highest BCUT2D eigenvalue weighted by molar-refractivity contribution is 4.83. The molecule has 0 bridgehead atoms. The Kier molecular flexibility index (Phi) is 5.26. The van der Waals surface area contributed by atoms with Gasteiger partial charge in [0.05, 0.1) is 0 Å². The van der Waals surface area contributed by atoms with Crippen LogP contribution in [0.2, 0.25) is 0 Å². The summed E-state index contributed by atoms with van der Waals surface area (Å²) in [6.07, 6.45) is 6.49. The summed E-state index contributed by atoms with van der Waals surface area (Å²) < 4.78 is 5.46. The van der Waals surface area contributed by atoms with E-state index in [1.807, 2.05) is 0 Å². The van der Waals surface area contributed by atoms with Crippen molar-refractivity contribution in [3.05, 3.63) is 0 Å². The number of likely N-dealkylation sites (tertiary alicyclic amines) is 1. The van der Waals surface area contributed by atoms with E-state index >= 15 is 0 Å². The maximum Gasteiger partial charge on any atom is 0.0469 e. The van der Waals surface area contributed by atoms with Gasteiger partial charge in [0, 0.05) is 25.8 Å². The van der Waals surface area contributed by atoms with E-state index in [2.05, 4.69) is 11.8 Å². The molecule has 0 aliphatic carbocycles. The molecule has 17 heavy (non-hydrogen) atoms. The summed E-state index contributed by atoms with van der Waals surface area (Å²) in [6, 6.07) is 0.601. The van der Waals surface area contributed by atoms with Gasteiger partial charge in [-0.1, -0.05) is 6.92 Å². The minimum absolute atomic E-state index is 0.601. The van der Waals surface area contributed by atoms with Crippen molar-refractivity contribution in [1.82, 2.24) is 4.90 Å². The van der Waals surface area contributed by atoms with Crippen LogP contribution in [0, 0.1) is 11.8 Å². The predicted molar refractivity (Wildman–Crippen MR) is 71.0 cm³/mol. The summed E-state index contributed by atoms with van der Waals surface area (Å²) in [5.74, 6) is 1.66. The van der Waals surface area contributed by atoms with E-state index in [1.165, 1.54) is 45.2 Å². The molecule has 100 valence electrons. The molecule has 0 aromatic heterocycles. The molecule has 3 nitrogen and oxygen atoms in total. The second kappa shape index (κ2) is 6.72. The van der Waals surface area contributed by atoms with Crippen LogP contribution in [0.3, 0.4) is 0 Å². The number of nitrogens with zero attached hydrogens (tertiary/aromatic N) is 1.